The van der Waals surface area contributed by atoms with Gasteiger partial charge in [-0.25, -0.2) is 0 Å². The summed E-state index contributed by atoms with van der Waals surface area (Å²) >= 11 is 0. The molecule has 0 bridgehead atoms. The van der Waals surface area contributed by atoms with Crippen molar-refractivity contribution in [3.63, 3.8) is 0 Å². The van der Waals surface area contributed by atoms with E-state index >= 15 is 0 Å². The molecule has 0 aromatic heterocycles. The Morgan fingerprint density at radius 1 is 0.875 bits per heavy atom. The largest absolute Gasteiger partial charge is 0.388 e. The number of aliphatic hydroxyl groups is 3. The lowest BCUT2D eigenvalue weighted by Crippen LogP contribution is -2.38. The van der Waals surface area contributed by atoms with Gasteiger partial charge in [-0.05, 0) is 13.3 Å². The molecule has 3 N–H and O–H groups in total. The molecule has 1 unspecified atom stereocenters. The SMILES string of the molecule is CCCCCCCCCCC(O)C(C)(O)O. The summed E-state index contributed by atoms with van der Waals surface area (Å²) in [6, 6.07) is 0. The highest BCUT2D eigenvalue weighted by atomic mass is 16.5. The summed E-state index contributed by atoms with van der Waals surface area (Å²) in [6.07, 6.45) is 9.05. The molecule has 3 nitrogen and oxygen atoms in total. The maximum atomic E-state index is 9.36. The van der Waals surface area contributed by atoms with Gasteiger partial charge in [-0.15, -0.1) is 0 Å². The highest BCUT2D eigenvalue weighted by Crippen LogP contribution is 2.15. The van der Waals surface area contributed by atoms with Crippen LogP contribution in [-0.4, -0.2) is 27.2 Å². The third-order valence-corrected chi connectivity index (χ3v) is 2.96. The van der Waals surface area contributed by atoms with Gasteiger partial charge in [-0.2, -0.15) is 0 Å². The van der Waals surface area contributed by atoms with E-state index in [1.807, 2.05) is 0 Å². The summed E-state index contributed by atoms with van der Waals surface area (Å²) in [7, 11) is 0. The average molecular weight is 232 g/mol. The zero-order valence-electron chi connectivity index (χ0n) is 10.8. The summed E-state index contributed by atoms with van der Waals surface area (Å²) in [6.45, 7) is 3.44. The minimum absolute atomic E-state index is 0.471. The minimum Gasteiger partial charge on any atom is -0.388 e. The molecule has 0 spiro atoms. The second kappa shape index (κ2) is 8.97. The van der Waals surface area contributed by atoms with Crippen LogP contribution in [0.1, 0.15) is 71.6 Å². The molecule has 0 heterocycles. The molecule has 0 aromatic carbocycles. The first-order valence-corrected chi connectivity index (χ1v) is 6.61. The van der Waals surface area contributed by atoms with Gasteiger partial charge in [-0.1, -0.05) is 58.3 Å². The van der Waals surface area contributed by atoms with Gasteiger partial charge in [0.15, 0.2) is 5.79 Å². The summed E-state index contributed by atoms with van der Waals surface area (Å²) in [4.78, 5) is 0. The molecule has 0 aliphatic carbocycles. The Labute approximate surface area is 99.5 Å². The highest BCUT2D eigenvalue weighted by Gasteiger charge is 2.25. The van der Waals surface area contributed by atoms with Gasteiger partial charge in [0.25, 0.3) is 0 Å². The number of hydrogen-bond donors (Lipinski definition) is 3. The minimum atomic E-state index is -1.94. The Morgan fingerprint density at radius 3 is 1.75 bits per heavy atom. The summed E-state index contributed by atoms with van der Waals surface area (Å²) in [5.74, 6) is -1.94. The van der Waals surface area contributed by atoms with Crippen LogP contribution in [0.5, 0.6) is 0 Å². The molecule has 0 amide bonds. The zero-order chi connectivity index (χ0) is 12.4. The van der Waals surface area contributed by atoms with Crippen LogP contribution in [-0.2, 0) is 0 Å². The maximum absolute atomic E-state index is 9.36. The van der Waals surface area contributed by atoms with Crippen molar-refractivity contribution in [1.82, 2.24) is 0 Å². The van der Waals surface area contributed by atoms with E-state index in [0.29, 0.717) is 6.42 Å². The quantitative estimate of drug-likeness (QED) is 0.401. The van der Waals surface area contributed by atoms with Crippen LogP contribution in [0.3, 0.4) is 0 Å². The summed E-state index contributed by atoms with van der Waals surface area (Å²) < 4.78 is 0. The number of hydrogen-bond acceptors (Lipinski definition) is 3. The lowest BCUT2D eigenvalue weighted by atomic mass is 10.0. The monoisotopic (exact) mass is 232 g/mol. The van der Waals surface area contributed by atoms with Crippen molar-refractivity contribution >= 4 is 0 Å². The maximum Gasteiger partial charge on any atom is 0.186 e. The normalized spacial score (nSPS) is 14.1. The number of aliphatic hydroxyl groups excluding tert-OH is 1. The molecular formula is C13H28O3. The molecule has 3 heteroatoms. The van der Waals surface area contributed by atoms with Gasteiger partial charge in [0.1, 0.15) is 6.10 Å². The van der Waals surface area contributed by atoms with E-state index in [2.05, 4.69) is 6.92 Å². The van der Waals surface area contributed by atoms with E-state index in [4.69, 9.17) is 10.2 Å². The van der Waals surface area contributed by atoms with Gasteiger partial charge in [0.05, 0.1) is 0 Å². The third-order valence-electron chi connectivity index (χ3n) is 2.96. The lowest BCUT2D eigenvalue weighted by Gasteiger charge is -2.22. The zero-order valence-corrected chi connectivity index (χ0v) is 10.8. The molecule has 98 valence electrons. The summed E-state index contributed by atoms with van der Waals surface area (Å²) in [5.41, 5.74) is 0. The average Bonchev–Trinajstić information content (AvgIpc) is 2.20. The Hall–Kier alpha value is -0.120. The molecule has 0 fully saturated rings. The van der Waals surface area contributed by atoms with E-state index in [-0.39, 0.29) is 0 Å². The first-order chi connectivity index (χ1) is 7.48. The first kappa shape index (κ1) is 15.9. The number of rotatable bonds is 10. The molecular weight excluding hydrogens is 204 g/mol. The van der Waals surface area contributed by atoms with Crippen LogP contribution in [0.2, 0.25) is 0 Å². The fraction of sp³-hybridized carbons (Fsp3) is 1.00. The fourth-order valence-electron chi connectivity index (χ4n) is 1.75. The van der Waals surface area contributed by atoms with Crippen molar-refractivity contribution in [2.24, 2.45) is 0 Å². The second-order valence-corrected chi connectivity index (χ2v) is 4.87. The van der Waals surface area contributed by atoms with Crippen molar-refractivity contribution in [1.29, 1.82) is 0 Å². The van der Waals surface area contributed by atoms with Crippen LogP contribution in [0.4, 0.5) is 0 Å². The Bertz CT molecular complexity index is 152. The van der Waals surface area contributed by atoms with Crippen molar-refractivity contribution < 1.29 is 15.3 Å². The second-order valence-electron chi connectivity index (χ2n) is 4.87. The molecule has 0 radical (unpaired) electrons. The van der Waals surface area contributed by atoms with Gasteiger partial charge in [-0.3, -0.25) is 0 Å². The highest BCUT2D eigenvalue weighted by molar-refractivity contribution is 4.68. The van der Waals surface area contributed by atoms with Gasteiger partial charge >= 0.3 is 0 Å². The van der Waals surface area contributed by atoms with E-state index < -0.39 is 11.9 Å². The van der Waals surface area contributed by atoms with Crippen molar-refractivity contribution in [3.05, 3.63) is 0 Å². The van der Waals surface area contributed by atoms with E-state index in [1.54, 1.807) is 0 Å². The van der Waals surface area contributed by atoms with Crippen LogP contribution in [0, 0.1) is 0 Å². The van der Waals surface area contributed by atoms with Crippen LogP contribution < -0.4 is 0 Å². The molecule has 0 rings (SSSR count). The van der Waals surface area contributed by atoms with Crippen molar-refractivity contribution in [2.75, 3.05) is 0 Å². The molecule has 0 saturated heterocycles. The van der Waals surface area contributed by atoms with Crippen molar-refractivity contribution in [2.45, 2.75) is 83.5 Å². The Kier molecular flexibility index (Phi) is 8.90. The lowest BCUT2D eigenvalue weighted by molar-refractivity contribution is -0.212. The Balaban J connectivity index is 3.21. The molecule has 1 atom stereocenters. The molecule has 0 saturated carbocycles. The van der Waals surface area contributed by atoms with Crippen LogP contribution >= 0.6 is 0 Å². The van der Waals surface area contributed by atoms with E-state index in [1.165, 1.54) is 45.4 Å². The standard InChI is InChI=1S/C13H28O3/c1-3-4-5-6-7-8-9-10-11-12(14)13(2,15)16/h12,14-16H,3-11H2,1-2H3. The van der Waals surface area contributed by atoms with Gasteiger partial charge < -0.3 is 15.3 Å². The van der Waals surface area contributed by atoms with E-state index in [9.17, 15) is 5.11 Å². The number of unbranched alkanes of at least 4 members (excludes halogenated alkanes) is 7. The predicted molar refractivity (Wildman–Crippen MR) is 66.1 cm³/mol. The molecule has 0 aromatic rings. The van der Waals surface area contributed by atoms with Crippen molar-refractivity contribution in [3.8, 4) is 0 Å². The van der Waals surface area contributed by atoms with Gasteiger partial charge in [0.2, 0.25) is 0 Å². The summed E-state index contributed by atoms with van der Waals surface area (Å²) in [5, 5.41) is 27.5. The third kappa shape index (κ3) is 9.13. The molecule has 16 heavy (non-hydrogen) atoms. The van der Waals surface area contributed by atoms with Crippen LogP contribution in [0.25, 0.3) is 0 Å². The van der Waals surface area contributed by atoms with Gasteiger partial charge in [0, 0.05) is 0 Å². The van der Waals surface area contributed by atoms with E-state index in [0.717, 1.165) is 12.8 Å². The van der Waals surface area contributed by atoms with Crippen LogP contribution in [0.15, 0.2) is 0 Å². The topological polar surface area (TPSA) is 60.7 Å². The fourth-order valence-corrected chi connectivity index (χ4v) is 1.75. The predicted octanol–water partition coefficient (Wildman–Crippen LogP) is 2.58. The smallest absolute Gasteiger partial charge is 0.186 e. The first-order valence-electron chi connectivity index (χ1n) is 6.61. The Morgan fingerprint density at radius 2 is 1.31 bits per heavy atom. The molecule has 0 aliphatic rings. The molecule has 0 aliphatic heterocycles.